The molecule has 0 saturated carbocycles. The first-order valence-corrected chi connectivity index (χ1v) is 12.0. The molecule has 0 spiro atoms. The minimum atomic E-state index is 0.191. The molecular weight excluding hydrogens is 400 g/mol. The SMILES string of the molecule is COCCCOc1ccc([C@H]2CCN(C)C[C@@H]2OCc2ccc3c(c2)N(C)CCC3)cc1. The summed E-state index contributed by atoms with van der Waals surface area (Å²) in [7, 11) is 6.11. The zero-order chi connectivity index (χ0) is 22.3. The molecule has 0 bridgehead atoms. The highest BCUT2D eigenvalue weighted by Gasteiger charge is 2.30. The molecule has 4 rings (SSSR count). The Labute approximate surface area is 193 Å². The lowest BCUT2D eigenvalue weighted by atomic mass is 9.87. The second-order valence-corrected chi connectivity index (χ2v) is 9.26. The summed E-state index contributed by atoms with van der Waals surface area (Å²) < 4.78 is 17.5. The standard InChI is InChI=1S/C27H38N2O3/c1-28-15-13-25(22-9-11-24(12-10-22)31-17-5-16-30-3)27(19-28)32-20-21-7-8-23-6-4-14-29(2)26(23)18-21/h7-12,18,25,27H,4-6,13-17,19-20H2,1-3H3/t25-,27+/m1/s1. The van der Waals surface area contributed by atoms with Crippen LogP contribution in [0.3, 0.4) is 0 Å². The fourth-order valence-electron chi connectivity index (χ4n) is 4.92. The molecule has 0 amide bonds. The van der Waals surface area contributed by atoms with E-state index in [0.29, 0.717) is 19.1 Å². The zero-order valence-corrected chi connectivity index (χ0v) is 19.9. The molecule has 1 saturated heterocycles. The van der Waals surface area contributed by atoms with Crippen molar-refractivity contribution >= 4 is 5.69 Å². The maximum Gasteiger partial charge on any atom is 0.119 e. The van der Waals surface area contributed by atoms with Crippen LogP contribution in [0.15, 0.2) is 42.5 Å². The van der Waals surface area contributed by atoms with Crippen LogP contribution in [0.2, 0.25) is 0 Å². The average Bonchev–Trinajstić information content (AvgIpc) is 2.81. The second kappa shape index (κ2) is 11.2. The maximum atomic E-state index is 6.55. The van der Waals surface area contributed by atoms with Crippen molar-refractivity contribution in [3.05, 3.63) is 59.2 Å². The van der Waals surface area contributed by atoms with E-state index in [1.54, 1.807) is 7.11 Å². The van der Waals surface area contributed by atoms with Crippen LogP contribution < -0.4 is 9.64 Å². The summed E-state index contributed by atoms with van der Waals surface area (Å²) in [6.45, 7) is 5.28. The van der Waals surface area contributed by atoms with E-state index in [0.717, 1.165) is 44.8 Å². The summed E-state index contributed by atoms with van der Waals surface area (Å²) in [6, 6.07) is 15.5. The first-order valence-electron chi connectivity index (χ1n) is 12.0. The largest absolute Gasteiger partial charge is 0.494 e. The lowest BCUT2D eigenvalue weighted by Gasteiger charge is -2.37. The molecular formula is C27H38N2O3. The summed E-state index contributed by atoms with van der Waals surface area (Å²) in [5, 5.41) is 0. The van der Waals surface area contributed by atoms with Gasteiger partial charge in [-0.3, -0.25) is 0 Å². The van der Waals surface area contributed by atoms with Gasteiger partial charge in [0.1, 0.15) is 5.75 Å². The van der Waals surface area contributed by atoms with Gasteiger partial charge >= 0.3 is 0 Å². The molecule has 0 unspecified atom stereocenters. The van der Waals surface area contributed by atoms with Gasteiger partial charge in [0, 0.05) is 51.9 Å². The lowest BCUT2D eigenvalue weighted by molar-refractivity contribution is -0.0182. The number of ether oxygens (including phenoxy) is 3. The predicted molar refractivity (Wildman–Crippen MR) is 130 cm³/mol. The molecule has 0 N–H and O–H groups in total. The molecule has 174 valence electrons. The molecule has 5 heteroatoms. The Balaban J connectivity index is 1.39. The number of rotatable bonds is 9. The predicted octanol–water partition coefficient (Wildman–Crippen LogP) is 4.49. The number of methoxy groups -OCH3 is 1. The number of benzene rings is 2. The Hall–Kier alpha value is -2.08. The molecule has 2 aromatic rings. The highest BCUT2D eigenvalue weighted by Crippen LogP contribution is 2.32. The van der Waals surface area contributed by atoms with Crippen LogP contribution in [0, 0.1) is 0 Å². The fourth-order valence-corrected chi connectivity index (χ4v) is 4.92. The van der Waals surface area contributed by atoms with Crippen LogP contribution in [0.5, 0.6) is 5.75 Å². The Morgan fingerprint density at radius 2 is 1.84 bits per heavy atom. The van der Waals surface area contributed by atoms with Crippen molar-refractivity contribution in [3.8, 4) is 5.75 Å². The monoisotopic (exact) mass is 438 g/mol. The van der Waals surface area contributed by atoms with Gasteiger partial charge in [-0.25, -0.2) is 0 Å². The van der Waals surface area contributed by atoms with Crippen LogP contribution >= 0.6 is 0 Å². The molecule has 0 radical (unpaired) electrons. The lowest BCUT2D eigenvalue weighted by Crippen LogP contribution is -2.42. The summed E-state index contributed by atoms with van der Waals surface area (Å²) in [6.07, 6.45) is 4.63. The molecule has 5 nitrogen and oxygen atoms in total. The smallest absolute Gasteiger partial charge is 0.119 e. The van der Waals surface area contributed by atoms with E-state index >= 15 is 0 Å². The first-order chi connectivity index (χ1) is 15.6. The van der Waals surface area contributed by atoms with Gasteiger partial charge in [0.05, 0.1) is 19.3 Å². The number of nitrogens with zero attached hydrogens (tertiary/aromatic N) is 2. The molecule has 1 fully saturated rings. The summed E-state index contributed by atoms with van der Waals surface area (Å²) in [5.41, 5.74) is 5.44. The molecule has 32 heavy (non-hydrogen) atoms. The topological polar surface area (TPSA) is 34.2 Å². The number of hydrogen-bond acceptors (Lipinski definition) is 5. The van der Waals surface area contributed by atoms with E-state index in [1.807, 2.05) is 0 Å². The zero-order valence-electron chi connectivity index (χ0n) is 19.9. The van der Waals surface area contributed by atoms with E-state index in [9.17, 15) is 0 Å². The van der Waals surface area contributed by atoms with Gasteiger partial charge in [-0.05, 0) is 67.7 Å². The Morgan fingerprint density at radius 1 is 1.00 bits per heavy atom. The van der Waals surface area contributed by atoms with Crippen LogP contribution in [0.4, 0.5) is 5.69 Å². The van der Waals surface area contributed by atoms with Crippen molar-refractivity contribution in [2.45, 2.75) is 44.3 Å². The summed E-state index contributed by atoms with van der Waals surface area (Å²) in [5.74, 6) is 1.34. The molecule has 2 aliphatic heterocycles. The van der Waals surface area contributed by atoms with E-state index in [1.165, 1.54) is 35.2 Å². The average molecular weight is 439 g/mol. The number of anilines is 1. The summed E-state index contributed by atoms with van der Waals surface area (Å²) in [4.78, 5) is 4.76. The van der Waals surface area contributed by atoms with E-state index in [-0.39, 0.29) is 6.10 Å². The van der Waals surface area contributed by atoms with Crippen LogP contribution in [-0.4, -0.2) is 65.1 Å². The van der Waals surface area contributed by atoms with E-state index in [2.05, 4.69) is 66.4 Å². The van der Waals surface area contributed by atoms with Gasteiger partial charge in [0.15, 0.2) is 0 Å². The number of likely N-dealkylation sites (N-methyl/N-ethyl adjacent to an activating group) is 1. The minimum absolute atomic E-state index is 0.191. The fraction of sp³-hybridized carbons (Fsp3) is 0.556. The van der Waals surface area contributed by atoms with E-state index < -0.39 is 0 Å². The van der Waals surface area contributed by atoms with Crippen molar-refractivity contribution in [3.63, 3.8) is 0 Å². The molecule has 2 atom stereocenters. The molecule has 0 aromatic heterocycles. The third-order valence-corrected chi connectivity index (χ3v) is 6.80. The van der Waals surface area contributed by atoms with Gasteiger partial charge in [0.25, 0.3) is 0 Å². The third kappa shape index (κ3) is 5.83. The highest BCUT2D eigenvalue weighted by atomic mass is 16.5. The molecule has 2 aromatic carbocycles. The number of likely N-dealkylation sites (tertiary alicyclic amines) is 1. The van der Waals surface area contributed by atoms with Crippen LogP contribution in [-0.2, 0) is 22.5 Å². The van der Waals surface area contributed by atoms with Crippen LogP contribution in [0.1, 0.15) is 41.9 Å². The Bertz CT molecular complexity index is 854. The second-order valence-electron chi connectivity index (χ2n) is 9.26. The van der Waals surface area contributed by atoms with Gasteiger partial charge < -0.3 is 24.0 Å². The van der Waals surface area contributed by atoms with Gasteiger partial charge in [0.2, 0.25) is 0 Å². The first kappa shape index (κ1) is 23.1. The van der Waals surface area contributed by atoms with Crippen molar-refractivity contribution in [2.75, 3.05) is 59.0 Å². The summed E-state index contributed by atoms with van der Waals surface area (Å²) >= 11 is 0. The quantitative estimate of drug-likeness (QED) is 0.539. The minimum Gasteiger partial charge on any atom is -0.494 e. The van der Waals surface area contributed by atoms with Crippen LogP contribution in [0.25, 0.3) is 0 Å². The number of fused-ring (bicyclic) bond motifs is 1. The number of aryl methyl sites for hydroxylation is 1. The van der Waals surface area contributed by atoms with E-state index in [4.69, 9.17) is 14.2 Å². The van der Waals surface area contributed by atoms with Crippen molar-refractivity contribution in [1.29, 1.82) is 0 Å². The normalized spacial score (nSPS) is 21.4. The highest BCUT2D eigenvalue weighted by molar-refractivity contribution is 5.56. The Morgan fingerprint density at radius 3 is 2.66 bits per heavy atom. The molecule has 2 aliphatic rings. The van der Waals surface area contributed by atoms with Gasteiger partial charge in [-0.1, -0.05) is 24.3 Å². The van der Waals surface area contributed by atoms with Crippen molar-refractivity contribution in [1.82, 2.24) is 4.90 Å². The number of piperidine rings is 1. The van der Waals surface area contributed by atoms with Gasteiger partial charge in [-0.15, -0.1) is 0 Å². The van der Waals surface area contributed by atoms with Gasteiger partial charge in [-0.2, -0.15) is 0 Å². The molecule has 2 heterocycles. The molecule has 0 aliphatic carbocycles. The third-order valence-electron chi connectivity index (χ3n) is 6.80. The van der Waals surface area contributed by atoms with Crippen molar-refractivity contribution < 1.29 is 14.2 Å². The maximum absolute atomic E-state index is 6.55. The number of hydrogen-bond donors (Lipinski definition) is 0. The Kier molecular flexibility index (Phi) is 8.06. The van der Waals surface area contributed by atoms with Crippen molar-refractivity contribution in [2.24, 2.45) is 0 Å².